The molecule has 5 rings (SSSR count). The number of morpholine rings is 1. The first-order valence-electron chi connectivity index (χ1n) is 10.4. The predicted octanol–water partition coefficient (Wildman–Crippen LogP) is 3.90. The van der Waals surface area contributed by atoms with E-state index in [9.17, 15) is 4.79 Å². The molecule has 29 heavy (non-hydrogen) atoms. The second-order valence-electron chi connectivity index (χ2n) is 8.11. The number of H-pyrrole nitrogens is 1. The van der Waals surface area contributed by atoms with E-state index in [-0.39, 0.29) is 6.03 Å². The molecular weight excluding hydrogens is 410 g/mol. The zero-order valence-electron chi connectivity index (χ0n) is 16.3. The van der Waals surface area contributed by atoms with Crippen LogP contribution >= 0.6 is 22.9 Å². The number of halogens is 1. The van der Waals surface area contributed by atoms with Crippen molar-refractivity contribution in [1.82, 2.24) is 20.0 Å². The quantitative estimate of drug-likeness (QED) is 0.763. The lowest BCUT2D eigenvalue weighted by atomic mass is 9.88. The highest BCUT2D eigenvalue weighted by atomic mass is 35.5. The van der Waals surface area contributed by atoms with E-state index in [0.29, 0.717) is 44.3 Å². The van der Waals surface area contributed by atoms with Crippen LogP contribution in [0, 0.1) is 0 Å². The molecule has 0 radical (unpaired) electrons. The average Bonchev–Trinajstić information content (AvgIpc) is 3.44. The van der Waals surface area contributed by atoms with Crippen LogP contribution in [0.5, 0.6) is 0 Å². The normalized spacial score (nSPS) is 26.7. The summed E-state index contributed by atoms with van der Waals surface area (Å²) >= 11 is 7.58. The second-order valence-corrected chi connectivity index (χ2v) is 9.91. The lowest BCUT2D eigenvalue weighted by Crippen LogP contribution is -2.54. The lowest BCUT2D eigenvalue weighted by Gasteiger charge is -2.42. The summed E-state index contributed by atoms with van der Waals surface area (Å²) in [5.41, 5.74) is 1.17. The van der Waals surface area contributed by atoms with Crippen molar-refractivity contribution in [3.63, 3.8) is 0 Å². The summed E-state index contributed by atoms with van der Waals surface area (Å²) in [6, 6.07) is 6.96. The van der Waals surface area contributed by atoms with Gasteiger partial charge in [0.15, 0.2) is 0 Å². The first kappa shape index (κ1) is 19.2. The highest BCUT2D eigenvalue weighted by Crippen LogP contribution is 2.43. The summed E-state index contributed by atoms with van der Waals surface area (Å²) in [5.74, 6) is 1.30. The zero-order chi connectivity index (χ0) is 19.8. The van der Waals surface area contributed by atoms with E-state index < -0.39 is 0 Å². The number of nitrogens with zero attached hydrogens (tertiary/aromatic N) is 3. The molecule has 3 aliphatic rings. The summed E-state index contributed by atoms with van der Waals surface area (Å²) in [6.07, 6.45) is 4.23. The molecular formula is C20H26ClN5O2S. The highest BCUT2D eigenvalue weighted by molar-refractivity contribution is 7.16. The summed E-state index contributed by atoms with van der Waals surface area (Å²) in [6.45, 7) is 3.45. The number of fused-ring (bicyclic) bond motifs is 2. The van der Waals surface area contributed by atoms with Gasteiger partial charge in [-0.1, -0.05) is 11.6 Å². The maximum absolute atomic E-state index is 13.0. The van der Waals surface area contributed by atoms with Crippen LogP contribution in [0.15, 0.2) is 18.2 Å². The van der Waals surface area contributed by atoms with E-state index in [1.165, 1.54) is 10.6 Å². The molecule has 7 nitrogen and oxygen atoms in total. The smallest absolute Gasteiger partial charge is 0.320 e. The number of anilines is 1. The van der Waals surface area contributed by atoms with Crippen LogP contribution in [0.25, 0.3) is 0 Å². The monoisotopic (exact) mass is 435 g/mol. The fraction of sp³-hybridized carbons (Fsp3) is 0.600. The minimum atomic E-state index is 0.209. The van der Waals surface area contributed by atoms with E-state index in [4.69, 9.17) is 16.3 Å². The third-order valence-corrected chi connectivity index (χ3v) is 7.58. The average molecular weight is 436 g/mol. The standard InChI is InChI=1S/C20H26ClN5O2S/c21-18-4-3-16(29-18)12-22-19-11-17(23-24-19)13-9-14-1-2-15(10-13)26(14)20(27)25-5-7-28-8-6-25/h3-4,11,13-15H,1-2,5-10,12H2,(H2,22,23,24). The number of aromatic amines is 1. The molecule has 2 aromatic rings. The number of rotatable bonds is 4. The number of hydrogen-bond donors (Lipinski definition) is 2. The Bertz CT molecular complexity index is 851. The lowest BCUT2D eigenvalue weighted by molar-refractivity contribution is 0.0330. The Morgan fingerprint density at radius 3 is 2.72 bits per heavy atom. The van der Waals surface area contributed by atoms with Gasteiger partial charge < -0.3 is 19.9 Å². The van der Waals surface area contributed by atoms with Gasteiger partial charge in [0.2, 0.25) is 0 Å². The van der Waals surface area contributed by atoms with Crippen LogP contribution < -0.4 is 5.32 Å². The number of carbonyl (C=O) groups excluding carboxylic acids is 1. The van der Waals surface area contributed by atoms with Crippen LogP contribution in [0.2, 0.25) is 4.34 Å². The van der Waals surface area contributed by atoms with E-state index in [1.54, 1.807) is 11.3 Å². The number of ether oxygens (including phenoxy) is 1. The van der Waals surface area contributed by atoms with Crippen LogP contribution in [0.1, 0.15) is 42.2 Å². The Labute approximate surface area is 179 Å². The molecule has 0 saturated carbocycles. The number of nitrogens with one attached hydrogen (secondary N) is 2. The van der Waals surface area contributed by atoms with Crippen molar-refractivity contribution in [2.75, 3.05) is 31.6 Å². The minimum absolute atomic E-state index is 0.209. The van der Waals surface area contributed by atoms with Gasteiger partial charge in [-0.15, -0.1) is 11.3 Å². The fourth-order valence-electron chi connectivity index (χ4n) is 4.92. The van der Waals surface area contributed by atoms with Crippen molar-refractivity contribution < 1.29 is 9.53 Å². The Balaban J connectivity index is 1.21. The molecule has 2 aromatic heterocycles. The van der Waals surface area contributed by atoms with Crippen molar-refractivity contribution in [3.05, 3.63) is 33.1 Å². The van der Waals surface area contributed by atoms with Gasteiger partial charge in [-0.25, -0.2) is 4.79 Å². The maximum Gasteiger partial charge on any atom is 0.320 e. The molecule has 2 N–H and O–H groups in total. The van der Waals surface area contributed by atoms with Crippen molar-refractivity contribution in [2.45, 2.75) is 50.2 Å². The van der Waals surface area contributed by atoms with E-state index in [1.807, 2.05) is 17.0 Å². The number of hydrogen-bond acceptors (Lipinski definition) is 5. The van der Waals surface area contributed by atoms with Crippen LogP contribution in [-0.2, 0) is 11.3 Å². The van der Waals surface area contributed by atoms with E-state index in [2.05, 4.69) is 26.5 Å². The number of amides is 2. The number of piperidine rings is 1. The summed E-state index contributed by atoms with van der Waals surface area (Å²) < 4.78 is 6.20. The van der Waals surface area contributed by atoms with Crippen molar-refractivity contribution in [1.29, 1.82) is 0 Å². The van der Waals surface area contributed by atoms with Gasteiger partial charge in [0.1, 0.15) is 5.82 Å². The van der Waals surface area contributed by atoms with Crippen molar-refractivity contribution >= 4 is 34.8 Å². The molecule has 0 aromatic carbocycles. The minimum Gasteiger partial charge on any atom is -0.378 e. The SMILES string of the molecule is O=C(N1CCOCC1)N1C2CCC1CC(c1cc(NCc3ccc(Cl)s3)n[nH]1)C2. The molecule has 2 amide bonds. The van der Waals surface area contributed by atoms with Gasteiger partial charge in [0, 0.05) is 47.7 Å². The first-order valence-corrected chi connectivity index (χ1v) is 11.5. The topological polar surface area (TPSA) is 73.5 Å². The third kappa shape index (κ3) is 3.98. The van der Waals surface area contributed by atoms with Crippen LogP contribution in [0.3, 0.4) is 0 Å². The van der Waals surface area contributed by atoms with Gasteiger partial charge in [-0.3, -0.25) is 5.10 Å². The van der Waals surface area contributed by atoms with Gasteiger partial charge in [-0.2, -0.15) is 5.10 Å². The van der Waals surface area contributed by atoms with E-state index in [0.717, 1.165) is 42.4 Å². The molecule has 2 unspecified atom stereocenters. The molecule has 3 aliphatic heterocycles. The third-order valence-electron chi connectivity index (χ3n) is 6.35. The Hall–Kier alpha value is -1.77. The van der Waals surface area contributed by atoms with Gasteiger partial charge in [0.25, 0.3) is 0 Å². The molecule has 3 fully saturated rings. The number of aromatic nitrogens is 2. The van der Waals surface area contributed by atoms with E-state index >= 15 is 0 Å². The van der Waals surface area contributed by atoms with Crippen molar-refractivity contribution in [3.8, 4) is 0 Å². The maximum atomic E-state index is 13.0. The van der Waals surface area contributed by atoms with Gasteiger partial charge >= 0.3 is 6.03 Å². The van der Waals surface area contributed by atoms with Crippen LogP contribution in [-0.4, -0.2) is 64.4 Å². The summed E-state index contributed by atoms with van der Waals surface area (Å²) in [4.78, 5) is 18.4. The Kier molecular flexibility index (Phi) is 5.41. The number of urea groups is 1. The zero-order valence-corrected chi connectivity index (χ0v) is 17.8. The molecule has 0 aliphatic carbocycles. The highest BCUT2D eigenvalue weighted by Gasteiger charge is 2.45. The summed E-state index contributed by atoms with van der Waals surface area (Å²) in [7, 11) is 0. The molecule has 156 valence electrons. The predicted molar refractivity (Wildman–Crippen MR) is 114 cm³/mol. The van der Waals surface area contributed by atoms with Crippen molar-refractivity contribution in [2.24, 2.45) is 0 Å². The molecule has 0 spiro atoms. The Morgan fingerprint density at radius 2 is 2.03 bits per heavy atom. The second kappa shape index (κ2) is 8.16. The molecule has 9 heteroatoms. The molecule has 5 heterocycles. The fourth-order valence-corrected chi connectivity index (χ4v) is 5.95. The van der Waals surface area contributed by atoms with Gasteiger partial charge in [0.05, 0.1) is 24.1 Å². The molecule has 2 bridgehead atoms. The Morgan fingerprint density at radius 1 is 1.28 bits per heavy atom. The summed E-state index contributed by atoms with van der Waals surface area (Å²) in [5, 5.41) is 11.0. The number of carbonyl (C=O) groups is 1. The molecule has 2 atom stereocenters. The van der Waals surface area contributed by atoms with Crippen LogP contribution in [0.4, 0.5) is 10.6 Å². The largest absolute Gasteiger partial charge is 0.378 e. The first-order chi connectivity index (χ1) is 14.2. The number of thiophene rings is 1. The molecule has 3 saturated heterocycles. The van der Waals surface area contributed by atoms with Gasteiger partial charge in [-0.05, 0) is 37.8 Å².